The lowest BCUT2D eigenvalue weighted by atomic mass is 10.1. The van der Waals surface area contributed by atoms with Crippen molar-refractivity contribution in [3.63, 3.8) is 0 Å². The van der Waals surface area contributed by atoms with Gasteiger partial charge in [0.05, 0.1) is 21.6 Å². The molecule has 3 rings (SSSR count). The van der Waals surface area contributed by atoms with Crippen LogP contribution in [0.25, 0.3) is 0 Å². The highest BCUT2D eigenvalue weighted by molar-refractivity contribution is 7.89. The number of carbonyl (C=O) groups excluding carboxylic acids is 3. The molecule has 144 valence electrons. The van der Waals surface area contributed by atoms with Crippen LogP contribution < -0.4 is 4.72 Å². The molecule has 0 unspecified atom stereocenters. The summed E-state index contributed by atoms with van der Waals surface area (Å²) in [6.45, 7) is 2.97. The van der Waals surface area contributed by atoms with Crippen LogP contribution in [0.4, 0.5) is 0 Å². The maximum absolute atomic E-state index is 12.2. The highest BCUT2D eigenvalue weighted by Crippen LogP contribution is 2.22. The van der Waals surface area contributed by atoms with Gasteiger partial charge in [-0.2, -0.15) is 0 Å². The van der Waals surface area contributed by atoms with E-state index in [9.17, 15) is 22.8 Å². The number of esters is 1. The van der Waals surface area contributed by atoms with Crippen LogP contribution in [-0.4, -0.2) is 44.4 Å². The zero-order valence-electron chi connectivity index (χ0n) is 14.6. The molecule has 0 spiro atoms. The van der Waals surface area contributed by atoms with Crippen LogP contribution >= 0.6 is 0 Å². The quantitative estimate of drug-likeness (QED) is 0.429. The molecule has 2 aromatic carbocycles. The Kier molecular flexibility index (Phi) is 5.39. The molecule has 0 saturated heterocycles. The maximum Gasteiger partial charge on any atom is 0.339 e. The molecule has 9 heteroatoms. The molecule has 2 aromatic rings. The predicted octanol–water partition coefficient (Wildman–Crippen LogP) is 1.56. The lowest BCUT2D eigenvalue weighted by Gasteiger charge is -2.14. The fourth-order valence-electron chi connectivity index (χ4n) is 2.59. The number of nitrogens with one attached hydrogen (secondary N) is 1. The van der Waals surface area contributed by atoms with Crippen LogP contribution in [0.3, 0.4) is 0 Å². The maximum atomic E-state index is 12.2. The van der Waals surface area contributed by atoms with Gasteiger partial charge in [0.15, 0.2) is 6.73 Å². The van der Waals surface area contributed by atoms with Crippen molar-refractivity contribution in [3.05, 3.63) is 77.9 Å². The molecule has 0 bridgehead atoms. The SMILES string of the molecule is C=CCNS(=O)(=O)c1ccc(C(=O)OCN2C(=O)c3ccccc3C2=O)cc1. The number of rotatable bonds is 7. The number of hydrogen-bond acceptors (Lipinski definition) is 6. The van der Waals surface area contributed by atoms with Crippen molar-refractivity contribution in [3.8, 4) is 0 Å². The number of carbonyl (C=O) groups is 3. The highest BCUT2D eigenvalue weighted by Gasteiger charge is 2.35. The van der Waals surface area contributed by atoms with Gasteiger partial charge in [-0.15, -0.1) is 6.58 Å². The Labute approximate surface area is 161 Å². The lowest BCUT2D eigenvalue weighted by Crippen LogP contribution is -2.33. The largest absolute Gasteiger partial charge is 0.440 e. The average Bonchev–Trinajstić information content (AvgIpc) is 2.95. The molecule has 1 aliphatic heterocycles. The zero-order chi connectivity index (χ0) is 20.3. The molecular weight excluding hydrogens is 384 g/mol. The van der Waals surface area contributed by atoms with Gasteiger partial charge in [0, 0.05) is 6.54 Å². The monoisotopic (exact) mass is 400 g/mol. The molecule has 1 heterocycles. The summed E-state index contributed by atoms with van der Waals surface area (Å²) in [5.74, 6) is -1.87. The average molecular weight is 400 g/mol. The molecule has 1 N–H and O–H groups in total. The number of amides is 2. The van der Waals surface area contributed by atoms with E-state index in [4.69, 9.17) is 4.74 Å². The number of hydrogen-bond donors (Lipinski definition) is 1. The molecule has 0 atom stereocenters. The van der Waals surface area contributed by atoms with Gasteiger partial charge in [0.1, 0.15) is 0 Å². The summed E-state index contributed by atoms with van der Waals surface area (Å²) in [6, 6.07) is 11.4. The summed E-state index contributed by atoms with van der Waals surface area (Å²) in [6.07, 6.45) is 1.41. The third kappa shape index (κ3) is 3.71. The first-order chi connectivity index (χ1) is 13.3. The normalized spacial score (nSPS) is 13.4. The molecule has 28 heavy (non-hydrogen) atoms. The third-order valence-corrected chi connectivity index (χ3v) is 5.46. The summed E-state index contributed by atoms with van der Waals surface area (Å²) in [5.41, 5.74) is 0.592. The van der Waals surface area contributed by atoms with Crippen LogP contribution in [0.2, 0.25) is 0 Å². The van der Waals surface area contributed by atoms with Crippen molar-refractivity contribution in [2.75, 3.05) is 13.3 Å². The number of benzene rings is 2. The lowest BCUT2D eigenvalue weighted by molar-refractivity contribution is 0.0228. The molecule has 8 nitrogen and oxygen atoms in total. The Balaban J connectivity index is 1.65. The van der Waals surface area contributed by atoms with Gasteiger partial charge in [-0.1, -0.05) is 18.2 Å². The van der Waals surface area contributed by atoms with Gasteiger partial charge in [-0.25, -0.2) is 22.8 Å². The summed E-state index contributed by atoms with van der Waals surface area (Å²) in [7, 11) is -3.71. The smallest absolute Gasteiger partial charge is 0.339 e. The van der Waals surface area contributed by atoms with Crippen molar-refractivity contribution >= 4 is 27.8 Å². The fraction of sp³-hybridized carbons (Fsp3) is 0.105. The first kappa shape index (κ1) is 19.5. The molecule has 0 saturated carbocycles. The van der Waals surface area contributed by atoms with Crippen LogP contribution in [0.15, 0.2) is 66.1 Å². The van der Waals surface area contributed by atoms with Gasteiger partial charge in [-0.05, 0) is 36.4 Å². The van der Waals surface area contributed by atoms with Crippen LogP contribution in [0.1, 0.15) is 31.1 Å². The molecule has 2 amide bonds. The van der Waals surface area contributed by atoms with Gasteiger partial charge < -0.3 is 4.74 Å². The Hall–Kier alpha value is -3.30. The van der Waals surface area contributed by atoms with Crippen molar-refractivity contribution in [1.29, 1.82) is 0 Å². The second kappa shape index (κ2) is 7.75. The molecular formula is C19H16N2O6S. The van der Waals surface area contributed by atoms with Gasteiger partial charge in [0.25, 0.3) is 11.8 Å². The Bertz CT molecular complexity index is 1030. The zero-order valence-corrected chi connectivity index (χ0v) is 15.4. The highest BCUT2D eigenvalue weighted by atomic mass is 32.2. The fourth-order valence-corrected chi connectivity index (χ4v) is 3.58. The molecule has 0 fully saturated rings. The molecule has 0 aliphatic carbocycles. The second-order valence-electron chi connectivity index (χ2n) is 5.81. The van der Waals surface area contributed by atoms with E-state index in [1.807, 2.05) is 0 Å². The van der Waals surface area contributed by atoms with E-state index in [0.29, 0.717) is 0 Å². The van der Waals surface area contributed by atoms with Crippen LogP contribution in [-0.2, 0) is 14.8 Å². The predicted molar refractivity (Wildman–Crippen MR) is 99.1 cm³/mol. The van der Waals surface area contributed by atoms with Gasteiger partial charge in [-0.3, -0.25) is 9.59 Å². The van der Waals surface area contributed by atoms with E-state index in [2.05, 4.69) is 11.3 Å². The van der Waals surface area contributed by atoms with Crippen molar-refractivity contribution < 1.29 is 27.5 Å². The third-order valence-electron chi connectivity index (χ3n) is 4.02. The Morgan fingerprint density at radius 3 is 2.14 bits per heavy atom. The van der Waals surface area contributed by atoms with Crippen molar-refractivity contribution in [2.45, 2.75) is 4.90 Å². The summed E-state index contributed by atoms with van der Waals surface area (Å²) < 4.78 is 31.3. The minimum Gasteiger partial charge on any atom is -0.440 e. The number of ether oxygens (including phenoxy) is 1. The first-order valence-corrected chi connectivity index (χ1v) is 9.66. The summed E-state index contributed by atoms with van der Waals surface area (Å²) >= 11 is 0. The molecule has 0 radical (unpaired) electrons. The van der Waals surface area contributed by atoms with E-state index < -0.39 is 34.5 Å². The Morgan fingerprint density at radius 2 is 1.61 bits per heavy atom. The van der Waals surface area contributed by atoms with Crippen molar-refractivity contribution in [2.24, 2.45) is 0 Å². The van der Waals surface area contributed by atoms with E-state index >= 15 is 0 Å². The van der Waals surface area contributed by atoms with E-state index in [0.717, 1.165) is 4.90 Å². The van der Waals surface area contributed by atoms with Crippen LogP contribution in [0.5, 0.6) is 0 Å². The minimum absolute atomic E-state index is 0.0220. The summed E-state index contributed by atoms with van der Waals surface area (Å²) in [5, 5.41) is 0. The Morgan fingerprint density at radius 1 is 1.04 bits per heavy atom. The molecule has 0 aromatic heterocycles. The van der Waals surface area contributed by atoms with E-state index in [1.165, 1.54) is 42.5 Å². The van der Waals surface area contributed by atoms with Gasteiger partial charge in [0.2, 0.25) is 10.0 Å². The summed E-state index contributed by atoms with van der Waals surface area (Å²) in [4.78, 5) is 37.4. The van der Waals surface area contributed by atoms with Gasteiger partial charge >= 0.3 is 5.97 Å². The number of nitrogens with zero attached hydrogens (tertiary/aromatic N) is 1. The number of imide groups is 1. The topological polar surface area (TPSA) is 110 Å². The first-order valence-electron chi connectivity index (χ1n) is 8.18. The van der Waals surface area contributed by atoms with E-state index in [1.54, 1.807) is 12.1 Å². The minimum atomic E-state index is -3.71. The van der Waals surface area contributed by atoms with Crippen LogP contribution in [0, 0.1) is 0 Å². The van der Waals surface area contributed by atoms with Crippen molar-refractivity contribution in [1.82, 2.24) is 9.62 Å². The number of fused-ring (bicyclic) bond motifs is 1. The number of sulfonamides is 1. The molecule has 1 aliphatic rings. The van der Waals surface area contributed by atoms with E-state index in [-0.39, 0.29) is 28.1 Å². The second-order valence-corrected chi connectivity index (χ2v) is 7.58. The standard InChI is InChI=1S/C19H16N2O6S/c1-2-11-20-28(25,26)14-9-7-13(8-10-14)19(24)27-12-21-17(22)15-5-3-4-6-16(15)18(21)23/h2-10,20H,1,11-12H2.